The molecule has 0 fully saturated rings. The molecule has 0 aromatic carbocycles. The van der Waals surface area contributed by atoms with Crippen LogP contribution in [-0.2, 0) is 38.1 Å². The van der Waals surface area contributed by atoms with Crippen molar-refractivity contribution in [2.45, 2.75) is 114 Å². The summed E-state index contributed by atoms with van der Waals surface area (Å²) in [5.41, 5.74) is -3.35. The summed E-state index contributed by atoms with van der Waals surface area (Å²) in [6.07, 6.45) is -1.87. The lowest BCUT2D eigenvalue weighted by molar-refractivity contribution is -0.180. The molecule has 0 aromatic heterocycles. The van der Waals surface area contributed by atoms with E-state index in [1.54, 1.807) is 55.4 Å². The fraction of sp³-hybridized carbons (Fsp3) is 0.840. The first kappa shape index (κ1) is 33.4. The zero-order valence-electron chi connectivity index (χ0n) is 21.8. The zero-order chi connectivity index (χ0) is 25.7. The number of carbonyl (C=O) groups is 4. The lowest BCUT2D eigenvalue weighted by atomic mass is 9.72. The number of esters is 2. The van der Waals surface area contributed by atoms with Crippen LogP contribution in [0.5, 0.6) is 0 Å². The van der Waals surface area contributed by atoms with Gasteiger partial charge in [0.2, 0.25) is 0 Å². The Labute approximate surface area is 200 Å². The Balaban J connectivity index is 0. The number of ketones is 2. The maximum atomic E-state index is 13.1. The smallest absolute Gasteiger partial charge is 0.335 e. The van der Waals surface area contributed by atoms with Crippen LogP contribution in [0.1, 0.15) is 90.5 Å². The fourth-order valence-electron chi connectivity index (χ4n) is 2.53. The van der Waals surface area contributed by atoms with Crippen LogP contribution in [0, 0.1) is 10.8 Å². The average molecular weight is 475 g/mol. The van der Waals surface area contributed by atoms with Gasteiger partial charge in [-0.1, -0.05) is 28.2 Å². The van der Waals surface area contributed by atoms with E-state index in [2.05, 4.69) is 0 Å². The van der Waals surface area contributed by atoms with Crippen molar-refractivity contribution in [2.24, 2.45) is 10.8 Å². The van der Waals surface area contributed by atoms with Crippen molar-refractivity contribution in [2.75, 3.05) is 13.2 Å². The first-order valence-corrected chi connectivity index (χ1v) is 10.9. The number of Topliss-reactive ketones (excluding diaryl/α,β-unsaturated/α-hetero) is 2. The van der Waals surface area contributed by atoms with Crippen molar-refractivity contribution in [1.82, 2.24) is 0 Å². The molecular weight excluding hydrogens is 428 g/mol. The third kappa shape index (κ3) is 10.8. The maximum absolute atomic E-state index is 13.1. The minimum Gasteiger partial charge on any atom is -0.456 e. The van der Waals surface area contributed by atoms with E-state index in [0.717, 1.165) is 0 Å². The molecule has 0 aliphatic heterocycles. The van der Waals surface area contributed by atoms with Gasteiger partial charge >= 0.3 is 11.9 Å². The minimum absolute atomic E-state index is 0. The largest absolute Gasteiger partial charge is 0.456 e. The van der Waals surface area contributed by atoms with Gasteiger partial charge in [-0.3, -0.25) is 9.59 Å². The molecule has 0 spiro atoms. The summed E-state index contributed by atoms with van der Waals surface area (Å²) in [4.78, 5) is 49.3. The van der Waals surface area contributed by atoms with E-state index in [1.165, 1.54) is 6.92 Å². The first-order valence-electron chi connectivity index (χ1n) is 10.9. The highest BCUT2D eigenvalue weighted by molar-refractivity contribution is 5.91. The molecular formula is C25H46O8. The molecule has 2 atom stereocenters. The van der Waals surface area contributed by atoms with E-state index >= 15 is 0 Å². The number of hydrogen-bond donors (Lipinski definition) is 0. The van der Waals surface area contributed by atoms with Crippen LogP contribution < -0.4 is 0 Å². The van der Waals surface area contributed by atoms with Gasteiger partial charge in [0.15, 0.2) is 30.4 Å². The quantitative estimate of drug-likeness (QED) is 0.408. The van der Waals surface area contributed by atoms with Crippen LogP contribution in [-0.4, -0.2) is 60.1 Å². The van der Waals surface area contributed by atoms with Gasteiger partial charge in [0, 0.05) is 5.41 Å². The van der Waals surface area contributed by atoms with E-state index in [1.807, 2.05) is 20.8 Å². The molecule has 0 saturated carbocycles. The summed E-state index contributed by atoms with van der Waals surface area (Å²) in [5.74, 6) is -1.91. The number of carbonyl (C=O) groups excluding carboxylic acids is 4. The normalized spacial score (nSPS) is 14.5. The lowest BCUT2D eigenvalue weighted by Gasteiger charge is -2.41. The van der Waals surface area contributed by atoms with Gasteiger partial charge in [0.25, 0.3) is 0 Å². The van der Waals surface area contributed by atoms with E-state index in [4.69, 9.17) is 18.9 Å². The zero-order valence-corrected chi connectivity index (χ0v) is 21.8. The second-order valence-electron chi connectivity index (χ2n) is 11.1. The minimum atomic E-state index is -1.11. The summed E-state index contributed by atoms with van der Waals surface area (Å²) < 4.78 is 21.6. The molecule has 0 rings (SSSR count). The highest BCUT2D eigenvalue weighted by Crippen LogP contribution is 2.36. The Morgan fingerprint density at radius 3 is 1.67 bits per heavy atom. The van der Waals surface area contributed by atoms with Gasteiger partial charge in [-0.05, 0) is 62.3 Å². The second-order valence-corrected chi connectivity index (χ2v) is 11.1. The van der Waals surface area contributed by atoms with Gasteiger partial charge in [-0.15, -0.1) is 0 Å². The van der Waals surface area contributed by atoms with Gasteiger partial charge in [-0.2, -0.15) is 0 Å². The molecule has 0 N–H and O–H groups in total. The molecule has 0 heterocycles. The van der Waals surface area contributed by atoms with Gasteiger partial charge in [0.1, 0.15) is 6.61 Å². The number of ether oxygens (including phenoxy) is 4. The molecule has 0 saturated heterocycles. The van der Waals surface area contributed by atoms with E-state index < -0.39 is 52.8 Å². The standard InChI is InChI=1S/C24H42O8.CH4/c1-15(31-20(28)16(2)32-22(6,7)8)19(27)23(9,10)24(11,12)30-14-18(26)29-13-17(25)21(3,4)5;/h15-16H,13-14H2,1-12H3;1H4. The number of hydrogen-bond acceptors (Lipinski definition) is 8. The SMILES string of the molecule is C.CC(OC(C)(C)C)C(=O)OC(C)C(=O)C(C)(C)C(C)(C)OCC(=O)OCC(=O)C(C)(C)C. The van der Waals surface area contributed by atoms with E-state index in [9.17, 15) is 19.2 Å². The van der Waals surface area contributed by atoms with Gasteiger partial charge < -0.3 is 18.9 Å². The molecule has 33 heavy (non-hydrogen) atoms. The van der Waals surface area contributed by atoms with Gasteiger partial charge in [-0.25, -0.2) is 9.59 Å². The van der Waals surface area contributed by atoms with Crippen molar-refractivity contribution in [3.8, 4) is 0 Å². The Morgan fingerprint density at radius 2 is 1.24 bits per heavy atom. The van der Waals surface area contributed by atoms with Crippen LogP contribution in [0.3, 0.4) is 0 Å². The molecule has 8 heteroatoms. The Bertz CT molecular complexity index is 692. The second kappa shape index (κ2) is 12.1. The van der Waals surface area contributed by atoms with Crippen LogP contribution >= 0.6 is 0 Å². The Morgan fingerprint density at radius 1 is 0.758 bits per heavy atom. The summed E-state index contributed by atoms with van der Waals surface area (Å²) >= 11 is 0. The summed E-state index contributed by atoms with van der Waals surface area (Å²) in [6, 6.07) is 0. The van der Waals surface area contributed by atoms with Crippen molar-refractivity contribution in [3.05, 3.63) is 0 Å². The predicted molar refractivity (Wildman–Crippen MR) is 127 cm³/mol. The lowest BCUT2D eigenvalue weighted by Crippen LogP contribution is -2.52. The highest BCUT2D eigenvalue weighted by atomic mass is 16.6. The van der Waals surface area contributed by atoms with Crippen LogP contribution in [0.4, 0.5) is 0 Å². The van der Waals surface area contributed by atoms with Crippen LogP contribution in [0.2, 0.25) is 0 Å². The molecule has 2 unspecified atom stereocenters. The number of rotatable bonds is 11. The predicted octanol–water partition coefficient (Wildman–Crippen LogP) is 4.31. The van der Waals surface area contributed by atoms with Crippen molar-refractivity contribution in [3.63, 3.8) is 0 Å². The monoisotopic (exact) mass is 474 g/mol. The van der Waals surface area contributed by atoms with E-state index in [0.29, 0.717) is 0 Å². The Hall–Kier alpha value is -1.80. The molecule has 194 valence electrons. The van der Waals surface area contributed by atoms with Crippen molar-refractivity contribution < 1.29 is 38.1 Å². The van der Waals surface area contributed by atoms with E-state index in [-0.39, 0.29) is 25.6 Å². The highest BCUT2D eigenvalue weighted by Gasteiger charge is 2.47. The third-order valence-electron chi connectivity index (χ3n) is 5.40. The Kier molecular flexibility index (Phi) is 12.2. The summed E-state index contributed by atoms with van der Waals surface area (Å²) in [6.45, 7) is 19.6. The average Bonchev–Trinajstić information content (AvgIpc) is 2.61. The third-order valence-corrected chi connectivity index (χ3v) is 5.40. The molecule has 0 radical (unpaired) electrons. The van der Waals surface area contributed by atoms with Crippen molar-refractivity contribution in [1.29, 1.82) is 0 Å². The molecule has 0 aliphatic carbocycles. The first-order chi connectivity index (χ1) is 14.1. The molecule has 0 aromatic rings. The molecule has 0 aliphatic rings. The van der Waals surface area contributed by atoms with Crippen molar-refractivity contribution >= 4 is 23.5 Å². The molecule has 0 bridgehead atoms. The van der Waals surface area contributed by atoms with Crippen LogP contribution in [0.15, 0.2) is 0 Å². The van der Waals surface area contributed by atoms with Gasteiger partial charge in [0.05, 0.1) is 16.6 Å². The summed E-state index contributed by atoms with van der Waals surface area (Å²) in [5, 5.41) is 0. The van der Waals surface area contributed by atoms with Crippen LogP contribution in [0.25, 0.3) is 0 Å². The molecule has 0 amide bonds. The molecule has 8 nitrogen and oxygen atoms in total. The topological polar surface area (TPSA) is 105 Å². The maximum Gasteiger partial charge on any atom is 0.335 e. The fourth-order valence-corrected chi connectivity index (χ4v) is 2.53. The summed E-state index contributed by atoms with van der Waals surface area (Å²) in [7, 11) is 0.